The average Bonchev–Trinajstić information content (AvgIpc) is 2.49. The van der Waals surface area contributed by atoms with Crippen LogP contribution in [-0.2, 0) is 10.2 Å². The van der Waals surface area contributed by atoms with E-state index in [1.54, 1.807) is 0 Å². The maximum Gasteiger partial charge on any atom is 0.227 e. The Balaban J connectivity index is 0.00000256. The summed E-state index contributed by atoms with van der Waals surface area (Å²) >= 11 is 1.51. The standard InChI is InChI=1S/C11H19N3OS.ClH/c1-7(12)5-9(15)14-10-13-6-8(16-10)11(2,3)4;/h6-7H,5,12H2,1-4H3,(H,13,14,15);1H. The minimum absolute atomic E-state index is 0. The Morgan fingerprint density at radius 2 is 2.18 bits per heavy atom. The smallest absolute Gasteiger partial charge is 0.227 e. The van der Waals surface area contributed by atoms with Gasteiger partial charge in [0.15, 0.2) is 5.13 Å². The molecule has 1 aromatic heterocycles. The number of thiazole rings is 1. The second-order valence-corrected chi connectivity index (χ2v) is 6.04. The number of nitrogens with one attached hydrogen (secondary N) is 1. The van der Waals surface area contributed by atoms with Crippen molar-refractivity contribution < 1.29 is 4.79 Å². The van der Waals surface area contributed by atoms with Crippen molar-refractivity contribution in [3.05, 3.63) is 11.1 Å². The second kappa shape index (κ2) is 6.33. The molecule has 1 unspecified atom stereocenters. The fourth-order valence-electron chi connectivity index (χ4n) is 1.14. The number of nitrogens with two attached hydrogens (primary N) is 1. The van der Waals surface area contributed by atoms with Gasteiger partial charge >= 0.3 is 0 Å². The van der Waals surface area contributed by atoms with E-state index in [9.17, 15) is 4.79 Å². The van der Waals surface area contributed by atoms with Gasteiger partial charge in [-0.15, -0.1) is 23.7 Å². The summed E-state index contributed by atoms with van der Waals surface area (Å²) in [5, 5.41) is 3.40. The number of hydrogen-bond acceptors (Lipinski definition) is 4. The molecular weight excluding hydrogens is 258 g/mol. The third-order valence-corrected chi connectivity index (χ3v) is 3.34. The molecule has 1 heterocycles. The van der Waals surface area contributed by atoms with Gasteiger partial charge in [-0.2, -0.15) is 0 Å². The van der Waals surface area contributed by atoms with Crippen molar-refractivity contribution in [2.24, 2.45) is 5.73 Å². The molecular formula is C11H20ClN3OS. The zero-order valence-electron chi connectivity index (χ0n) is 10.6. The van der Waals surface area contributed by atoms with Gasteiger partial charge in [0.25, 0.3) is 0 Å². The summed E-state index contributed by atoms with van der Waals surface area (Å²) in [6, 6.07) is -0.123. The predicted molar refractivity (Wildman–Crippen MR) is 75.0 cm³/mol. The molecule has 0 aliphatic rings. The molecule has 17 heavy (non-hydrogen) atoms. The van der Waals surface area contributed by atoms with Gasteiger partial charge in [-0.25, -0.2) is 4.98 Å². The highest BCUT2D eigenvalue weighted by Crippen LogP contribution is 2.29. The summed E-state index contributed by atoms with van der Waals surface area (Å²) in [4.78, 5) is 16.8. The van der Waals surface area contributed by atoms with Crippen LogP contribution in [-0.4, -0.2) is 16.9 Å². The van der Waals surface area contributed by atoms with Crippen molar-refractivity contribution in [1.29, 1.82) is 0 Å². The summed E-state index contributed by atoms with van der Waals surface area (Å²) in [5.41, 5.74) is 5.61. The first kappa shape index (κ1) is 16.4. The number of anilines is 1. The van der Waals surface area contributed by atoms with Gasteiger partial charge in [0.05, 0.1) is 0 Å². The minimum atomic E-state index is -0.123. The Bertz CT molecular complexity index is 371. The first-order chi connectivity index (χ1) is 7.29. The van der Waals surface area contributed by atoms with Gasteiger partial charge in [0.1, 0.15) is 0 Å². The molecule has 1 amide bonds. The van der Waals surface area contributed by atoms with Crippen LogP contribution in [0.3, 0.4) is 0 Å². The van der Waals surface area contributed by atoms with E-state index in [2.05, 4.69) is 31.1 Å². The number of aromatic nitrogens is 1. The van der Waals surface area contributed by atoms with Crippen LogP contribution in [0.2, 0.25) is 0 Å². The molecule has 6 heteroatoms. The van der Waals surface area contributed by atoms with Crippen LogP contribution in [0.15, 0.2) is 6.20 Å². The summed E-state index contributed by atoms with van der Waals surface area (Å²) in [7, 11) is 0. The summed E-state index contributed by atoms with van der Waals surface area (Å²) in [5.74, 6) is -0.0789. The lowest BCUT2D eigenvalue weighted by Gasteiger charge is -2.14. The van der Waals surface area contributed by atoms with Gasteiger partial charge in [-0.3, -0.25) is 4.79 Å². The van der Waals surface area contributed by atoms with E-state index in [1.807, 2.05) is 13.1 Å². The van der Waals surface area contributed by atoms with E-state index in [4.69, 9.17) is 5.73 Å². The van der Waals surface area contributed by atoms with Gasteiger partial charge in [0.2, 0.25) is 5.91 Å². The summed E-state index contributed by atoms with van der Waals surface area (Å²) < 4.78 is 0. The molecule has 1 atom stereocenters. The van der Waals surface area contributed by atoms with Crippen molar-refractivity contribution in [2.45, 2.75) is 45.6 Å². The Hall–Kier alpha value is -0.650. The van der Waals surface area contributed by atoms with E-state index >= 15 is 0 Å². The predicted octanol–water partition coefficient (Wildman–Crippen LogP) is 2.54. The van der Waals surface area contributed by atoms with Gasteiger partial charge in [0, 0.05) is 23.5 Å². The number of hydrogen-bond donors (Lipinski definition) is 2. The first-order valence-electron chi connectivity index (χ1n) is 5.31. The van der Waals surface area contributed by atoms with E-state index < -0.39 is 0 Å². The molecule has 1 aromatic rings. The fourth-order valence-corrected chi connectivity index (χ4v) is 2.03. The number of halogens is 1. The molecule has 0 radical (unpaired) electrons. The van der Waals surface area contributed by atoms with Crippen LogP contribution < -0.4 is 11.1 Å². The van der Waals surface area contributed by atoms with Crippen LogP contribution in [0.5, 0.6) is 0 Å². The van der Waals surface area contributed by atoms with Crippen LogP contribution >= 0.6 is 23.7 Å². The van der Waals surface area contributed by atoms with Crippen LogP contribution in [0.1, 0.15) is 39.0 Å². The first-order valence-corrected chi connectivity index (χ1v) is 6.12. The second-order valence-electron chi connectivity index (χ2n) is 5.01. The summed E-state index contributed by atoms with van der Waals surface area (Å²) in [6.45, 7) is 8.16. The Kier molecular flexibility index (Phi) is 6.09. The number of carbonyl (C=O) groups is 1. The number of carbonyl (C=O) groups excluding carboxylic acids is 1. The Morgan fingerprint density at radius 3 is 2.59 bits per heavy atom. The van der Waals surface area contributed by atoms with Crippen molar-refractivity contribution in [1.82, 2.24) is 4.98 Å². The third kappa shape index (κ3) is 5.48. The van der Waals surface area contributed by atoms with Crippen LogP contribution in [0, 0.1) is 0 Å². The number of rotatable bonds is 3. The van der Waals surface area contributed by atoms with Crippen molar-refractivity contribution in [3.8, 4) is 0 Å². The molecule has 1 rings (SSSR count). The van der Waals surface area contributed by atoms with Gasteiger partial charge in [-0.05, 0) is 12.3 Å². The highest BCUT2D eigenvalue weighted by Gasteiger charge is 2.17. The maximum atomic E-state index is 11.5. The van der Waals surface area contributed by atoms with E-state index in [-0.39, 0.29) is 29.8 Å². The molecule has 0 aromatic carbocycles. The molecule has 0 saturated heterocycles. The highest BCUT2D eigenvalue weighted by atomic mass is 35.5. The molecule has 0 aliphatic heterocycles. The molecule has 0 spiro atoms. The maximum absolute atomic E-state index is 11.5. The molecule has 3 N–H and O–H groups in total. The lowest BCUT2D eigenvalue weighted by molar-refractivity contribution is -0.116. The fraction of sp³-hybridized carbons (Fsp3) is 0.636. The molecule has 98 valence electrons. The monoisotopic (exact) mass is 277 g/mol. The van der Waals surface area contributed by atoms with E-state index in [0.717, 1.165) is 4.88 Å². The van der Waals surface area contributed by atoms with Gasteiger partial charge < -0.3 is 11.1 Å². The van der Waals surface area contributed by atoms with Crippen molar-refractivity contribution >= 4 is 34.8 Å². The average molecular weight is 278 g/mol. The molecule has 0 saturated carbocycles. The minimum Gasteiger partial charge on any atom is -0.327 e. The lowest BCUT2D eigenvalue weighted by Crippen LogP contribution is -2.23. The third-order valence-electron chi connectivity index (χ3n) is 2.00. The van der Waals surface area contributed by atoms with Gasteiger partial charge in [-0.1, -0.05) is 20.8 Å². The van der Waals surface area contributed by atoms with Crippen LogP contribution in [0.25, 0.3) is 0 Å². The number of amides is 1. The van der Waals surface area contributed by atoms with E-state index in [0.29, 0.717) is 11.6 Å². The molecule has 4 nitrogen and oxygen atoms in total. The topological polar surface area (TPSA) is 68.0 Å². The van der Waals surface area contributed by atoms with Crippen LogP contribution in [0.4, 0.5) is 5.13 Å². The lowest BCUT2D eigenvalue weighted by atomic mass is 9.96. The Morgan fingerprint density at radius 1 is 1.59 bits per heavy atom. The van der Waals surface area contributed by atoms with Crippen molar-refractivity contribution in [3.63, 3.8) is 0 Å². The highest BCUT2D eigenvalue weighted by molar-refractivity contribution is 7.15. The molecule has 0 aliphatic carbocycles. The summed E-state index contributed by atoms with van der Waals surface area (Å²) in [6.07, 6.45) is 2.14. The zero-order chi connectivity index (χ0) is 12.3. The van der Waals surface area contributed by atoms with E-state index in [1.165, 1.54) is 11.3 Å². The SMILES string of the molecule is CC(N)CC(=O)Nc1ncc(C(C)(C)C)s1.Cl. The quantitative estimate of drug-likeness (QED) is 0.892. The largest absolute Gasteiger partial charge is 0.327 e. The Labute approximate surface area is 112 Å². The normalized spacial score (nSPS) is 12.8. The molecule has 0 fully saturated rings. The van der Waals surface area contributed by atoms with Crippen molar-refractivity contribution in [2.75, 3.05) is 5.32 Å². The molecule has 0 bridgehead atoms. The number of nitrogens with zero attached hydrogens (tertiary/aromatic N) is 1. The zero-order valence-corrected chi connectivity index (χ0v) is 12.2.